The predicted octanol–water partition coefficient (Wildman–Crippen LogP) is 4.10. The third-order valence-corrected chi connectivity index (χ3v) is 2.42. The van der Waals surface area contributed by atoms with Crippen LogP contribution in [0.15, 0.2) is 0 Å². The summed E-state index contributed by atoms with van der Waals surface area (Å²) < 4.78 is 126. The van der Waals surface area contributed by atoms with Gasteiger partial charge >= 0.3 is 85.8 Å². The van der Waals surface area contributed by atoms with Gasteiger partial charge < -0.3 is 10.6 Å². The molecule has 0 aliphatic rings. The number of hydrogen-bond donors (Lipinski definition) is 2. The van der Waals surface area contributed by atoms with Gasteiger partial charge in [0.2, 0.25) is 12.1 Å². The average molecular weight is 622 g/mol. The summed E-state index contributed by atoms with van der Waals surface area (Å²) in [5.41, 5.74) is 0. The van der Waals surface area contributed by atoms with Crippen molar-refractivity contribution in [3.05, 3.63) is 0 Å². The summed E-state index contributed by atoms with van der Waals surface area (Å²) in [7, 11) is -17.9. The third-order valence-electron chi connectivity index (χ3n) is 2.42. The van der Waals surface area contributed by atoms with Crippen molar-refractivity contribution in [1.82, 2.24) is 0 Å². The van der Waals surface area contributed by atoms with E-state index in [1.54, 1.807) is 24.7 Å². The standard InChI is InChI=1S/2C6H11NO2.2F6P.Fe.O/c2*1-4(8)6(7-3)5(2)9;2*1-7(2,3,4,5)6;;/h2*6-7H,1-3H3;;;;/q;;2*-1;;/p+2. The molecule has 0 saturated carbocycles. The number of Topliss-reactive ketones (excluding diaryl/α,β-unsaturated/α-hetero) is 4. The van der Waals surface area contributed by atoms with Crippen LogP contribution in [-0.2, 0) is 39.0 Å². The summed E-state index contributed by atoms with van der Waals surface area (Å²) in [6.45, 7) is 5.69. The summed E-state index contributed by atoms with van der Waals surface area (Å²) in [6, 6.07) is -0.963. The van der Waals surface area contributed by atoms with Crippen LogP contribution in [0.1, 0.15) is 27.7 Å². The van der Waals surface area contributed by atoms with E-state index in [1.165, 1.54) is 27.7 Å². The Labute approximate surface area is 193 Å². The van der Waals surface area contributed by atoms with Crippen LogP contribution in [0.4, 0.5) is 50.4 Å². The molecule has 4 N–H and O–H groups in total. The van der Waals surface area contributed by atoms with Gasteiger partial charge in [0.15, 0.2) is 23.1 Å². The number of rotatable bonds is 6. The number of quaternary nitrogens is 2. The Morgan fingerprint density at radius 3 is 0.588 bits per heavy atom. The molecule has 0 spiro atoms. The van der Waals surface area contributed by atoms with E-state index >= 15 is 0 Å². The molecule has 0 unspecified atom stereocenters. The van der Waals surface area contributed by atoms with Crippen molar-refractivity contribution in [2.75, 3.05) is 14.1 Å². The fourth-order valence-electron chi connectivity index (χ4n) is 1.51. The van der Waals surface area contributed by atoms with Crippen molar-refractivity contribution in [1.29, 1.82) is 0 Å². The van der Waals surface area contributed by atoms with E-state index in [-0.39, 0.29) is 23.1 Å². The number of hydrogen-bond acceptors (Lipinski definition) is 5. The summed E-state index contributed by atoms with van der Waals surface area (Å²) in [6.07, 6.45) is 0. The number of carbonyl (C=O) groups excluding carboxylic acids is 4. The Balaban J connectivity index is -0.000000108. The fraction of sp³-hybridized carbons (Fsp3) is 0.667. The van der Waals surface area contributed by atoms with E-state index in [4.69, 9.17) is 3.83 Å². The molecule has 0 heterocycles. The summed E-state index contributed by atoms with van der Waals surface area (Å²) >= 11 is 2.00. The second-order valence-corrected chi connectivity index (χ2v) is 9.81. The monoisotopic (exact) mass is 622 g/mol. The second kappa shape index (κ2) is 12.8. The van der Waals surface area contributed by atoms with Crippen LogP contribution >= 0.6 is 15.6 Å². The second-order valence-electron chi connectivity index (χ2n) is 5.98. The van der Waals surface area contributed by atoms with Crippen LogP contribution in [0, 0.1) is 0 Å². The van der Waals surface area contributed by atoms with Crippen LogP contribution < -0.4 is 10.6 Å². The molecule has 0 aromatic rings. The Morgan fingerprint density at radius 2 is 0.588 bits per heavy atom. The number of halogens is 12. The Hall–Kier alpha value is -1.06. The van der Waals surface area contributed by atoms with Crippen molar-refractivity contribution in [2.45, 2.75) is 39.8 Å². The molecule has 214 valence electrons. The van der Waals surface area contributed by atoms with E-state index in [0.29, 0.717) is 0 Å². The first-order valence-electron chi connectivity index (χ1n) is 7.97. The van der Waals surface area contributed by atoms with Gasteiger partial charge in [-0.2, -0.15) is 0 Å². The van der Waals surface area contributed by atoms with Crippen molar-refractivity contribution >= 4 is 38.7 Å². The number of carbonyl (C=O) groups is 4. The van der Waals surface area contributed by atoms with Crippen molar-refractivity contribution < 1.29 is 100.0 Å². The number of nitrogens with two attached hydrogens (primary N) is 2. The van der Waals surface area contributed by atoms with Gasteiger partial charge in [0.1, 0.15) is 0 Å². The average Bonchev–Trinajstić information content (AvgIpc) is 2.42. The van der Waals surface area contributed by atoms with Gasteiger partial charge in [-0.25, -0.2) is 0 Å². The van der Waals surface area contributed by atoms with Gasteiger partial charge in [-0.1, -0.05) is 0 Å². The molecule has 0 rings (SSSR count). The summed E-state index contributed by atoms with van der Waals surface area (Å²) in [5.74, 6) is -0.315. The molecule has 0 fully saturated rings. The third kappa shape index (κ3) is 77.3. The maximum atomic E-state index is 10.6. The maximum absolute atomic E-state index is 10.7. The topological polar surface area (TPSA) is 119 Å². The fourth-order valence-corrected chi connectivity index (χ4v) is 1.51. The van der Waals surface area contributed by atoms with E-state index in [9.17, 15) is 69.5 Å². The Morgan fingerprint density at radius 1 is 0.500 bits per heavy atom. The molecule has 0 aromatic carbocycles. The summed E-state index contributed by atoms with van der Waals surface area (Å²) in [4.78, 5) is 42.3. The van der Waals surface area contributed by atoms with Crippen LogP contribution in [0.5, 0.6) is 0 Å². The van der Waals surface area contributed by atoms with E-state index < -0.39 is 27.7 Å². The van der Waals surface area contributed by atoms with E-state index in [1.807, 2.05) is 15.9 Å². The van der Waals surface area contributed by atoms with Gasteiger partial charge in [0.25, 0.3) is 0 Å². The molecule has 0 bridgehead atoms. The van der Waals surface area contributed by atoms with Gasteiger partial charge in [0.05, 0.1) is 14.1 Å². The van der Waals surface area contributed by atoms with Gasteiger partial charge in [-0.05, 0) is 0 Å². The summed E-state index contributed by atoms with van der Waals surface area (Å²) in [5, 5.41) is 3.23. The first-order chi connectivity index (χ1) is 14.1. The van der Waals surface area contributed by atoms with Crippen LogP contribution in [0.2, 0.25) is 0 Å². The molecule has 0 aromatic heterocycles. The van der Waals surface area contributed by atoms with E-state index in [0.717, 1.165) is 0 Å². The van der Waals surface area contributed by atoms with E-state index in [2.05, 4.69) is 0 Å². The molecule has 22 heteroatoms. The molecule has 0 aliphatic carbocycles. The van der Waals surface area contributed by atoms with Crippen molar-refractivity contribution in [2.24, 2.45) is 0 Å². The van der Waals surface area contributed by atoms with Crippen LogP contribution in [0.3, 0.4) is 0 Å². The normalized spacial score (nSPS) is 14.9. The molecule has 34 heavy (non-hydrogen) atoms. The first-order valence-corrected chi connectivity index (χ1v) is 12.5. The molecular formula is C12H24F12FeN2O5P2. The molecular weight excluding hydrogens is 598 g/mol. The SMILES string of the molecule is C[NH2+]C(C(C)=O)C(C)=O.C[NH2+]C(C(C)=O)C(C)=O.F[P-](F)(F)(F)(F)F.F[P-](F)(F)(F)(F)F.[O]=[Fe]. The zero-order valence-electron chi connectivity index (χ0n) is 18.1. The Kier molecular flexibility index (Phi) is 16.2. The van der Waals surface area contributed by atoms with Crippen LogP contribution in [-0.4, -0.2) is 49.3 Å². The predicted molar refractivity (Wildman–Crippen MR) is 93.8 cm³/mol. The number of likely N-dealkylation sites (N-methyl/N-ethyl adjacent to an activating group) is 2. The van der Waals surface area contributed by atoms with Gasteiger partial charge in [-0.3, -0.25) is 19.2 Å². The minimum absolute atomic E-state index is 0.0787. The number of ketones is 4. The van der Waals surface area contributed by atoms with Crippen molar-refractivity contribution in [3.63, 3.8) is 0 Å². The molecule has 7 nitrogen and oxygen atoms in total. The Bertz CT molecular complexity index is 601. The molecule has 0 atom stereocenters. The molecule has 0 saturated heterocycles. The van der Waals surface area contributed by atoms with Gasteiger partial charge in [0, 0.05) is 27.7 Å². The molecule has 0 radical (unpaired) electrons. The minimum atomic E-state index is -10.7. The quantitative estimate of drug-likeness (QED) is 0.200. The van der Waals surface area contributed by atoms with Crippen molar-refractivity contribution in [3.8, 4) is 0 Å². The zero-order chi connectivity index (χ0) is 29.7. The van der Waals surface area contributed by atoms with Gasteiger partial charge in [-0.15, -0.1) is 0 Å². The first kappa shape index (κ1) is 43.0. The molecule has 0 amide bonds. The molecule has 0 aliphatic heterocycles. The van der Waals surface area contributed by atoms with Crippen LogP contribution in [0.25, 0.3) is 0 Å². The zero-order valence-corrected chi connectivity index (χ0v) is 21.0.